The summed E-state index contributed by atoms with van der Waals surface area (Å²) in [5.74, 6) is 0.0920. The number of carbonyl (C=O) groups is 1. The molecule has 1 aliphatic heterocycles. The standard InChI is InChI=1S/C13H23N5O3S/c1-4-11-12(10-16(3)15-11)14-13(19)17-6-8-18(9-7-17)22(20,21)5-2/h10H,4-9H2,1-3H3,(H,14,19). The first-order valence-electron chi connectivity index (χ1n) is 7.43. The van der Waals surface area contributed by atoms with E-state index in [1.807, 2.05) is 14.0 Å². The second-order valence-electron chi connectivity index (χ2n) is 5.23. The van der Waals surface area contributed by atoms with Gasteiger partial charge in [0.05, 0.1) is 17.1 Å². The molecule has 1 N–H and O–H groups in total. The lowest BCUT2D eigenvalue weighted by Gasteiger charge is -2.33. The van der Waals surface area contributed by atoms with E-state index in [4.69, 9.17) is 0 Å². The Bertz CT molecular complexity index is 632. The van der Waals surface area contributed by atoms with Crippen molar-refractivity contribution in [3.05, 3.63) is 11.9 Å². The van der Waals surface area contributed by atoms with Gasteiger partial charge >= 0.3 is 6.03 Å². The molecule has 1 saturated heterocycles. The molecule has 22 heavy (non-hydrogen) atoms. The number of amides is 2. The zero-order chi connectivity index (χ0) is 16.3. The maximum atomic E-state index is 12.3. The fourth-order valence-corrected chi connectivity index (χ4v) is 3.53. The molecule has 2 amide bonds. The molecule has 1 fully saturated rings. The number of aromatic nitrogens is 2. The average molecular weight is 329 g/mol. The van der Waals surface area contributed by atoms with E-state index < -0.39 is 10.0 Å². The van der Waals surface area contributed by atoms with Gasteiger partial charge in [-0.3, -0.25) is 4.68 Å². The predicted octanol–water partition coefficient (Wildman–Crippen LogP) is 0.482. The molecule has 0 aromatic carbocycles. The Morgan fingerprint density at radius 2 is 1.91 bits per heavy atom. The van der Waals surface area contributed by atoms with Crippen LogP contribution in [0.2, 0.25) is 0 Å². The zero-order valence-electron chi connectivity index (χ0n) is 13.2. The van der Waals surface area contributed by atoms with E-state index in [-0.39, 0.29) is 11.8 Å². The summed E-state index contributed by atoms with van der Waals surface area (Å²) in [6.07, 6.45) is 2.51. The second kappa shape index (κ2) is 6.66. The van der Waals surface area contributed by atoms with E-state index >= 15 is 0 Å². The Morgan fingerprint density at radius 3 is 2.45 bits per heavy atom. The molecule has 8 nitrogen and oxygen atoms in total. The number of sulfonamides is 1. The summed E-state index contributed by atoms with van der Waals surface area (Å²) >= 11 is 0. The van der Waals surface area contributed by atoms with E-state index in [9.17, 15) is 13.2 Å². The van der Waals surface area contributed by atoms with Crippen molar-refractivity contribution < 1.29 is 13.2 Å². The SMILES string of the molecule is CCc1nn(C)cc1NC(=O)N1CCN(S(=O)(=O)CC)CC1. The van der Waals surface area contributed by atoms with Crippen LogP contribution in [-0.4, -0.2) is 65.4 Å². The topological polar surface area (TPSA) is 87.5 Å². The van der Waals surface area contributed by atoms with Gasteiger partial charge < -0.3 is 10.2 Å². The number of nitrogens with zero attached hydrogens (tertiary/aromatic N) is 4. The first-order chi connectivity index (χ1) is 10.4. The molecule has 0 saturated carbocycles. The van der Waals surface area contributed by atoms with Crippen LogP contribution in [0.15, 0.2) is 6.20 Å². The van der Waals surface area contributed by atoms with Gasteiger partial charge in [0.1, 0.15) is 0 Å². The Morgan fingerprint density at radius 1 is 1.27 bits per heavy atom. The minimum atomic E-state index is -3.17. The van der Waals surface area contributed by atoms with Crippen molar-refractivity contribution >= 4 is 21.7 Å². The molecule has 0 unspecified atom stereocenters. The van der Waals surface area contributed by atoms with Gasteiger partial charge in [-0.25, -0.2) is 13.2 Å². The minimum absolute atomic E-state index is 0.0920. The maximum Gasteiger partial charge on any atom is 0.322 e. The van der Waals surface area contributed by atoms with E-state index in [2.05, 4.69) is 10.4 Å². The molecular formula is C13H23N5O3S. The molecule has 0 spiro atoms. The fraction of sp³-hybridized carbons (Fsp3) is 0.692. The smallest absolute Gasteiger partial charge is 0.322 e. The summed E-state index contributed by atoms with van der Waals surface area (Å²) in [6, 6.07) is -0.212. The summed E-state index contributed by atoms with van der Waals surface area (Å²) in [6.45, 7) is 5.09. The molecule has 9 heteroatoms. The summed E-state index contributed by atoms with van der Waals surface area (Å²) < 4.78 is 26.7. The minimum Gasteiger partial charge on any atom is -0.322 e. The summed E-state index contributed by atoms with van der Waals surface area (Å²) in [5.41, 5.74) is 1.54. The van der Waals surface area contributed by atoms with Gasteiger partial charge in [-0.05, 0) is 13.3 Å². The molecule has 1 aromatic rings. The second-order valence-corrected chi connectivity index (χ2v) is 7.49. The van der Waals surface area contributed by atoms with Crippen molar-refractivity contribution in [2.24, 2.45) is 7.05 Å². The van der Waals surface area contributed by atoms with Gasteiger partial charge in [0.2, 0.25) is 10.0 Å². The van der Waals surface area contributed by atoms with Crippen LogP contribution in [0.5, 0.6) is 0 Å². The molecule has 0 aliphatic carbocycles. The molecule has 0 atom stereocenters. The van der Waals surface area contributed by atoms with E-state index in [1.54, 1.807) is 22.7 Å². The van der Waals surface area contributed by atoms with Crippen LogP contribution in [-0.2, 0) is 23.5 Å². The zero-order valence-corrected chi connectivity index (χ0v) is 14.1. The lowest BCUT2D eigenvalue weighted by molar-refractivity contribution is 0.184. The quantitative estimate of drug-likeness (QED) is 0.870. The van der Waals surface area contributed by atoms with Crippen molar-refractivity contribution in [2.75, 3.05) is 37.2 Å². The highest BCUT2D eigenvalue weighted by atomic mass is 32.2. The number of aryl methyl sites for hydroxylation is 2. The van der Waals surface area contributed by atoms with Crippen molar-refractivity contribution in [2.45, 2.75) is 20.3 Å². The molecule has 2 heterocycles. The monoisotopic (exact) mass is 329 g/mol. The van der Waals surface area contributed by atoms with Crippen molar-refractivity contribution in [3.63, 3.8) is 0 Å². The third kappa shape index (κ3) is 3.58. The highest BCUT2D eigenvalue weighted by Gasteiger charge is 2.27. The van der Waals surface area contributed by atoms with Crippen LogP contribution in [0.4, 0.5) is 10.5 Å². The average Bonchev–Trinajstić information content (AvgIpc) is 2.87. The van der Waals surface area contributed by atoms with Crippen LogP contribution >= 0.6 is 0 Å². The highest BCUT2D eigenvalue weighted by Crippen LogP contribution is 2.15. The molecule has 1 aliphatic rings. The third-order valence-electron chi connectivity index (χ3n) is 3.77. The van der Waals surface area contributed by atoms with Gasteiger partial charge in [-0.2, -0.15) is 9.40 Å². The van der Waals surface area contributed by atoms with Gasteiger partial charge in [-0.15, -0.1) is 0 Å². The summed E-state index contributed by atoms with van der Waals surface area (Å²) in [4.78, 5) is 13.9. The maximum absolute atomic E-state index is 12.3. The lowest BCUT2D eigenvalue weighted by atomic mass is 10.3. The lowest BCUT2D eigenvalue weighted by Crippen LogP contribution is -2.51. The van der Waals surface area contributed by atoms with Gasteiger partial charge in [0, 0.05) is 39.4 Å². The molecule has 124 valence electrons. The summed E-state index contributed by atoms with van der Waals surface area (Å²) in [5, 5.41) is 7.13. The fourth-order valence-electron chi connectivity index (χ4n) is 2.45. The van der Waals surface area contributed by atoms with Gasteiger partial charge in [0.25, 0.3) is 0 Å². The van der Waals surface area contributed by atoms with Crippen LogP contribution in [0.25, 0.3) is 0 Å². The normalized spacial score (nSPS) is 16.8. The number of hydrogen-bond donors (Lipinski definition) is 1. The van der Waals surface area contributed by atoms with Crippen molar-refractivity contribution in [3.8, 4) is 0 Å². The number of rotatable bonds is 4. The Labute approximate surface area is 131 Å². The van der Waals surface area contributed by atoms with Gasteiger partial charge in [0.15, 0.2) is 0 Å². The Balaban J connectivity index is 1.95. The number of carbonyl (C=O) groups excluding carboxylic acids is 1. The largest absolute Gasteiger partial charge is 0.322 e. The first-order valence-corrected chi connectivity index (χ1v) is 9.04. The Kier molecular flexibility index (Phi) is 5.07. The van der Waals surface area contributed by atoms with Crippen LogP contribution in [0.3, 0.4) is 0 Å². The van der Waals surface area contributed by atoms with E-state index in [0.29, 0.717) is 31.9 Å². The van der Waals surface area contributed by atoms with Crippen molar-refractivity contribution in [1.29, 1.82) is 0 Å². The molecule has 0 bridgehead atoms. The predicted molar refractivity (Wildman–Crippen MR) is 84.2 cm³/mol. The number of anilines is 1. The van der Waals surface area contributed by atoms with Gasteiger partial charge in [-0.1, -0.05) is 6.92 Å². The third-order valence-corrected chi connectivity index (χ3v) is 5.65. The first kappa shape index (κ1) is 16.8. The summed E-state index contributed by atoms with van der Waals surface area (Å²) in [7, 11) is -1.37. The van der Waals surface area contributed by atoms with Crippen LogP contribution < -0.4 is 5.32 Å². The highest BCUT2D eigenvalue weighted by molar-refractivity contribution is 7.89. The number of nitrogens with one attached hydrogen (secondary N) is 1. The van der Waals surface area contributed by atoms with Crippen LogP contribution in [0, 0.1) is 0 Å². The number of hydrogen-bond acceptors (Lipinski definition) is 4. The van der Waals surface area contributed by atoms with Crippen LogP contribution in [0.1, 0.15) is 19.5 Å². The molecular weight excluding hydrogens is 306 g/mol. The molecule has 1 aromatic heterocycles. The molecule has 2 rings (SSSR count). The number of urea groups is 1. The van der Waals surface area contributed by atoms with E-state index in [1.165, 1.54) is 4.31 Å². The Hall–Kier alpha value is -1.61. The number of piperazine rings is 1. The molecule has 0 radical (unpaired) electrons. The van der Waals surface area contributed by atoms with E-state index in [0.717, 1.165) is 12.1 Å². The van der Waals surface area contributed by atoms with Crippen molar-refractivity contribution in [1.82, 2.24) is 19.0 Å².